The van der Waals surface area contributed by atoms with Crippen LogP contribution in [0.15, 0.2) is 22.7 Å². The van der Waals surface area contributed by atoms with Crippen molar-refractivity contribution in [3.05, 3.63) is 28.2 Å². The fraction of sp³-hybridized carbons (Fsp3) is 0.533. The topological polar surface area (TPSA) is 32.5 Å². The quantitative estimate of drug-likeness (QED) is 0.841. The molecule has 2 N–H and O–H groups in total. The molecule has 2 rings (SSSR count). The number of thiocarbonyl (C=S) groups is 1. The van der Waals surface area contributed by atoms with E-state index in [1.165, 1.54) is 25.9 Å². The summed E-state index contributed by atoms with van der Waals surface area (Å²) in [5.74, 6) is 0.749. The van der Waals surface area contributed by atoms with Gasteiger partial charge in [0.25, 0.3) is 0 Å². The molecule has 0 saturated carbocycles. The molecule has 1 aromatic carbocycles. The summed E-state index contributed by atoms with van der Waals surface area (Å²) < 4.78 is 1.01. The molecule has 1 saturated heterocycles. The summed E-state index contributed by atoms with van der Waals surface area (Å²) in [6.45, 7) is 3.45. The fourth-order valence-corrected chi connectivity index (χ4v) is 3.29. The predicted octanol–water partition coefficient (Wildman–Crippen LogP) is 2.86. The molecule has 1 aliphatic heterocycles. The third-order valence-electron chi connectivity index (χ3n) is 4.01. The minimum absolute atomic E-state index is 0.455. The zero-order valence-electron chi connectivity index (χ0n) is 12.1. The minimum Gasteiger partial charge on any atom is -0.389 e. The second-order valence-corrected chi connectivity index (χ2v) is 7.01. The molecule has 0 bridgehead atoms. The lowest BCUT2D eigenvalue weighted by molar-refractivity contribution is 0.222. The predicted molar refractivity (Wildman–Crippen MR) is 93.5 cm³/mol. The van der Waals surface area contributed by atoms with Crippen LogP contribution in [-0.4, -0.2) is 43.6 Å². The fourth-order valence-electron chi connectivity index (χ4n) is 2.77. The highest BCUT2D eigenvalue weighted by Crippen LogP contribution is 2.26. The van der Waals surface area contributed by atoms with Gasteiger partial charge >= 0.3 is 0 Å². The maximum absolute atomic E-state index is 5.85. The van der Waals surface area contributed by atoms with Crippen molar-refractivity contribution in [3.8, 4) is 0 Å². The van der Waals surface area contributed by atoms with Crippen LogP contribution in [-0.2, 0) is 0 Å². The van der Waals surface area contributed by atoms with Crippen LogP contribution < -0.4 is 10.6 Å². The van der Waals surface area contributed by atoms with Crippen molar-refractivity contribution < 1.29 is 0 Å². The average Bonchev–Trinajstić information content (AvgIpc) is 2.41. The van der Waals surface area contributed by atoms with Gasteiger partial charge in [-0.1, -0.05) is 28.1 Å². The summed E-state index contributed by atoms with van der Waals surface area (Å²) in [7, 11) is 4.32. The van der Waals surface area contributed by atoms with Crippen LogP contribution in [0.4, 0.5) is 5.69 Å². The zero-order valence-corrected chi connectivity index (χ0v) is 14.5. The maximum atomic E-state index is 5.85. The lowest BCUT2D eigenvalue weighted by Crippen LogP contribution is -2.36. The van der Waals surface area contributed by atoms with Crippen molar-refractivity contribution in [1.29, 1.82) is 0 Å². The Kier molecular flexibility index (Phi) is 5.41. The highest BCUT2D eigenvalue weighted by Gasteiger charge is 2.19. The summed E-state index contributed by atoms with van der Waals surface area (Å²) in [5.41, 5.74) is 7.92. The normalized spacial score (nSPS) is 17.1. The molecule has 1 aliphatic rings. The SMILES string of the molecule is CN1CCC(CN(C)c2ccc(Br)cc2C(N)=S)CC1. The van der Waals surface area contributed by atoms with E-state index >= 15 is 0 Å². The third-order valence-corrected chi connectivity index (χ3v) is 4.72. The highest BCUT2D eigenvalue weighted by molar-refractivity contribution is 9.10. The van der Waals surface area contributed by atoms with Gasteiger partial charge in [-0.3, -0.25) is 0 Å². The number of likely N-dealkylation sites (tertiary alicyclic amines) is 1. The van der Waals surface area contributed by atoms with Gasteiger partial charge in [0.1, 0.15) is 4.99 Å². The molecule has 0 unspecified atom stereocenters. The number of piperidine rings is 1. The van der Waals surface area contributed by atoms with Crippen molar-refractivity contribution in [3.63, 3.8) is 0 Å². The number of hydrogen-bond donors (Lipinski definition) is 1. The van der Waals surface area contributed by atoms with Crippen LogP contribution in [0.3, 0.4) is 0 Å². The lowest BCUT2D eigenvalue weighted by Gasteiger charge is -2.33. The van der Waals surface area contributed by atoms with Gasteiger partial charge in [-0.25, -0.2) is 0 Å². The van der Waals surface area contributed by atoms with Gasteiger partial charge in [0.15, 0.2) is 0 Å². The summed E-state index contributed by atoms with van der Waals surface area (Å²) in [6, 6.07) is 6.14. The molecule has 110 valence electrons. The number of nitrogens with zero attached hydrogens (tertiary/aromatic N) is 2. The molecule has 0 amide bonds. The Morgan fingerprint density at radius 2 is 2.10 bits per heavy atom. The standard InChI is InChI=1S/C15H22BrN3S/c1-18-7-5-11(6-8-18)10-19(2)14-4-3-12(16)9-13(14)15(17)20/h3-4,9,11H,5-8,10H2,1-2H3,(H2,17,20). The Morgan fingerprint density at radius 1 is 1.45 bits per heavy atom. The van der Waals surface area contributed by atoms with E-state index in [1.807, 2.05) is 12.1 Å². The van der Waals surface area contributed by atoms with Gasteiger partial charge in [-0.2, -0.15) is 0 Å². The first kappa shape index (κ1) is 15.7. The third kappa shape index (κ3) is 3.93. The molecule has 1 fully saturated rings. The second-order valence-electron chi connectivity index (χ2n) is 5.65. The van der Waals surface area contributed by atoms with Crippen molar-refractivity contribution in [2.24, 2.45) is 11.7 Å². The summed E-state index contributed by atoms with van der Waals surface area (Å²) in [4.78, 5) is 5.14. The summed E-state index contributed by atoms with van der Waals surface area (Å²) in [5, 5.41) is 0. The molecule has 1 heterocycles. The summed E-state index contributed by atoms with van der Waals surface area (Å²) >= 11 is 8.65. The van der Waals surface area contributed by atoms with Crippen LogP contribution in [0.1, 0.15) is 18.4 Å². The van der Waals surface area contributed by atoms with Crippen molar-refractivity contribution in [2.75, 3.05) is 38.6 Å². The number of rotatable bonds is 4. The van der Waals surface area contributed by atoms with Crippen LogP contribution in [0.5, 0.6) is 0 Å². The van der Waals surface area contributed by atoms with Crippen LogP contribution in [0, 0.1) is 5.92 Å². The Hall–Kier alpha value is -0.650. The highest BCUT2D eigenvalue weighted by atomic mass is 79.9. The first-order chi connectivity index (χ1) is 9.47. The first-order valence-electron chi connectivity index (χ1n) is 6.96. The smallest absolute Gasteiger partial charge is 0.106 e. The molecule has 1 aromatic rings. The number of halogens is 1. The van der Waals surface area contributed by atoms with Crippen molar-refractivity contribution in [1.82, 2.24) is 4.90 Å². The average molecular weight is 356 g/mol. The Morgan fingerprint density at radius 3 is 2.70 bits per heavy atom. The Bertz CT molecular complexity index is 484. The van der Waals surface area contributed by atoms with E-state index in [9.17, 15) is 0 Å². The second kappa shape index (κ2) is 6.87. The monoisotopic (exact) mass is 355 g/mol. The van der Waals surface area contributed by atoms with E-state index in [0.29, 0.717) is 4.99 Å². The molecule has 0 aliphatic carbocycles. The van der Waals surface area contributed by atoms with Gasteiger partial charge in [-0.15, -0.1) is 0 Å². The van der Waals surface area contributed by atoms with Gasteiger partial charge in [0.05, 0.1) is 0 Å². The molecule has 0 spiro atoms. The zero-order chi connectivity index (χ0) is 14.7. The molecule has 0 aromatic heterocycles. The van der Waals surface area contributed by atoms with E-state index < -0.39 is 0 Å². The summed E-state index contributed by atoms with van der Waals surface area (Å²) in [6.07, 6.45) is 2.53. The molecule has 0 radical (unpaired) electrons. The number of anilines is 1. The molecule has 5 heteroatoms. The first-order valence-corrected chi connectivity index (χ1v) is 8.16. The molecule has 0 atom stereocenters. The van der Waals surface area contributed by atoms with Gasteiger partial charge in [0, 0.05) is 29.3 Å². The lowest BCUT2D eigenvalue weighted by atomic mass is 9.96. The van der Waals surface area contributed by atoms with Crippen molar-refractivity contribution >= 4 is 38.8 Å². The van der Waals surface area contributed by atoms with Gasteiger partial charge in [-0.05, 0) is 57.1 Å². The minimum atomic E-state index is 0.455. The van der Waals surface area contributed by atoms with Gasteiger partial charge in [0.2, 0.25) is 0 Å². The van der Waals surface area contributed by atoms with E-state index in [4.69, 9.17) is 18.0 Å². The maximum Gasteiger partial charge on any atom is 0.106 e. The van der Waals surface area contributed by atoms with Crippen LogP contribution in [0.25, 0.3) is 0 Å². The number of hydrogen-bond acceptors (Lipinski definition) is 3. The molecule has 20 heavy (non-hydrogen) atoms. The Balaban J connectivity index is 2.09. The molecular weight excluding hydrogens is 334 g/mol. The van der Waals surface area contributed by atoms with E-state index in [2.05, 4.69) is 45.9 Å². The van der Waals surface area contributed by atoms with E-state index in [0.717, 1.165) is 28.2 Å². The van der Waals surface area contributed by atoms with E-state index in [1.54, 1.807) is 0 Å². The van der Waals surface area contributed by atoms with E-state index in [-0.39, 0.29) is 0 Å². The number of nitrogens with two attached hydrogens (primary N) is 1. The molecular formula is C15H22BrN3S. The molecule has 3 nitrogen and oxygen atoms in total. The van der Waals surface area contributed by atoms with Gasteiger partial charge < -0.3 is 15.5 Å². The van der Waals surface area contributed by atoms with Crippen molar-refractivity contribution in [2.45, 2.75) is 12.8 Å². The number of benzene rings is 1. The Labute approximate surface area is 135 Å². The van der Waals surface area contributed by atoms with Crippen LogP contribution >= 0.6 is 28.1 Å². The van der Waals surface area contributed by atoms with Crippen LogP contribution in [0.2, 0.25) is 0 Å². The largest absolute Gasteiger partial charge is 0.389 e.